The zero-order chi connectivity index (χ0) is 16.0. The highest BCUT2D eigenvalue weighted by Crippen LogP contribution is 2.54. The number of amides is 1. The number of aromatic carboxylic acids is 1. The summed E-state index contributed by atoms with van der Waals surface area (Å²) in [6.07, 6.45) is 2.13. The minimum atomic E-state index is -1.13. The number of carboxylic acids is 1. The summed E-state index contributed by atoms with van der Waals surface area (Å²) in [6, 6.07) is 13.0. The lowest BCUT2D eigenvalue weighted by atomic mass is 9.92. The molecule has 5 heteroatoms. The standard InChI is InChI=1S/C18H16N2O3/c21-17(13-6-3-7-14(19-13)18(22)23)20-16-12-9-8-10-4-1-2-5-11(10)15(12)16/h1-7,12,15-16H,8-9H2,(H,20,21)(H,22,23). The Morgan fingerprint density at radius 3 is 2.70 bits per heavy atom. The highest BCUT2D eigenvalue weighted by Gasteiger charge is 2.53. The number of pyridine rings is 1. The largest absolute Gasteiger partial charge is 0.477 e. The number of hydrogen-bond acceptors (Lipinski definition) is 3. The average molecular weight is 308 g/mol. The van der Waals surface area contributed by atoms with Gasteiger partial charge in [0.05, 0.1) is 0 Å². The highest BCUT2D eigenvalue weighted by atomic mass is 16.4. The Hall–Kier alpha value is -2.69. The first-order chi connectivity index (χ1) is 11.1. The number of aromatic nitrogens is 1. The second-order valence-corrected chi connectivity index (χ2v) is 6.14. The van der Waals surface area contributed by atoms with Crippen LogP contribution in [0.15, 0.2) is 42.5 Å². The van der Waals surface area contributed by atoms with Crippen molar-refractivity contribution in [2.24, 2.45) is 5.92 Å². The van der Waals surface area contributed by atoms with Crippen LogP contribution in [0.4, 0.5) is 0 Å². The van der Waals surface area contributed by atoms with Crippen molar-refractivity contribution in [2.45, 2.75) is 24.8 Å². The van der Waals surface area contributed by atoms with E-state index in [4.69, 9.17) is 5.11 Å². The van der Waals surface area contributed by atoms with Gasteiger partial charge in [-0.15, -0.1) is 0 Å². The third-order valence-electron chi connectivity index (χ3n) is 4.83. The molecule has 1 aromatic carbocycles. The number of aryl methyl sites for hydroxylation is 1. The summed E-state index contributed by atoms with van der Waals surface area (Å²) in [7, 11) is 0. The van der Waals surface area contributed by atoms with Gasteiger partial charge in [-0.3, -0.25) is 4.79 Å². The summed E-state index contributed by atoms with van der Waals surface area (Å²) < 4.78 is 0. The molecule has 2 aromatic rings. The van der Waals surface area contributed by atoms with Crippen molar-refractivity contribution in [3.8, 4) is 0 Å². The predicted molar refractivity (Wildman–Crippen MR) is 83.4 cm³/mol. The first kappa shape index (κ1) is 13.9. The lowest BCUT2D eigenvalue weighted by Gasteiger charge is -2.13. The van der Waals surface area contributed by atoms with E-state index in [9.17, 15) is 9.59 Å². The number of fused-ring (bicyclic) bond motifs is 3. The number of nitrogens with zero attached hydrogens (tertiary/aromatic N) is 1. The van der Waals surface area contributed by atoms with E-state index in [0.29, 0.717) is 11.8 Å². The number of carboxylic acid groups (broad SMARTS) is 1. The first-order valence-corrected chi connectivity index (χ1v) is 7.74. The third kappa shape index (κ3) is 2.38. The van der Waals surface area contributed by atoms with E-state index >= 15 is 0 Å². The van der Waals surface area contributed by atoms with Gasteiger partial charge in [-0.25, -0.2) is 9.78 Å². The van der Waals surface area contributed by atoms with Crippen LogP contribution in [0, 0.1) is 5.92 Å². The Bertz CT molecular complexity index is 802. The van der Waals surface area contributed by atoms with Gasteiger partial charge in [0.2, 0.25) is 0 Å². The molecule has 0 spiro atoms. The summed E-state index contributed by atoms with van der Waals surface area (Å²) in [5.41, 5.74) is 2.75. The summed E-state index contributed by atoms with van der Waals surface area (Å²) >= 11 is 0. The number of carbonyl (C=O) groups is 2. The maximum absolute atomic E-state index is 12.4. The van der Waals surface area contributed by atoms with Gasteiger partial charge in [0.15, 0.2) is 0 Å². The molecule has 1 saturated carbocycles. The van der Waals surface area contributed by atoms with Crippen molar-refractivity contribution in [1.82, 2.24) is 10.3 Å². The molecule has 0 radical (unpaired) electrons. The molecule has 1 aromatic heterocycles. The molecule has 0 aliphatic heterocycles. The molecule has 2 N–H and O–H groups in total. The fourth-order valence-electron chi connectivity index (χ4n) is 3.67. The molecular formula is C18H16N2O3. The fraction of sp³-hybridized carbons (Fsp3) is 0.278. The molecule has 0 saturated heterocycles. The fourth-order valence-corrected chi connectivity index (χ4v) is 3.67. The van der Waals surface area contributed by atoms with E-state index in [2.05, 4.69) is 28.5 Å². The molecule has 1 heterocycles. The van der Waals surface area contributed by atoms with Gasteiger partial charge >= 0.3 is 5.97 Å². The van der Waals surface area contributed by atoms with Crippen molar-refractivity contribution in [3.05, 3.63) is 65.0 Å². The first-order valence-electron chi connectivity index (χ1n) is 7.74. The van der Waals surface area contributed by atoms with Crippen LogP contribution in [0.25, 0.3) is 0 Å². The lowest BCUT2D eigenvalue weighted by molar-refractivity contribution is 0.0690. The van der Waals surface area contributed by atoms with E-state index in [1.54, 1.807) is 12.1 Å². The zero-order valence-electron chi connectivity index (χ0n) is 12.4. The topological polar surface area (TPSA) is 79.3 Å². The summed E-state index contributed by atoms with van der Waals surface area (Å²) in [6.45, 7) is 0. The van der Waals surface area contributed by atoms with Gasteiger partial charge in [-0.1, -0.05) is 30.3 Å². The quantitative estimate of drug-likeness (QED) is 0.911. The molecule has 2 aliphatic rings. The molecular weight excluding hydrogens is 292 g/mol. The maximum atomic E-state index is 12.4. The molecule has 116 valence electrons. The minimum Gasteiger partial charge on any atom is -0.477 e. The molecule has 0 bridgehead atoms. The summed E-state index contributed by atoms with van der Waals surface area (Å²) in [5.74, 6) is -0.568. The van der Waals surface area contributed by atoms with Crippen molar-refractivity contribution in [2.75, 3.05) is 0 Å². The molecule has 23 heavy (non-hydrogen) atoms. The van der Waals surface area contributed by atoms with Gasteiger partial charge in [0, 0.05) is 12.0 Å². The van der Waals surface area contributed by atoms with Crippen LogP contribution in [-0.4, -0.2) is 28.0 Å². The van der Waals surface area contributed by atoms with E-state index in [-0.39, 0.29) is 23.3 Å². The van der Waals surface area contributed by atoms with Crippen LogP contribution in [-0.2, 0) is 6.42 Å². The second kappa shape index (κ2) is 5.19. The maximum Gasteiger partial charge on any atom is 0.354 e. The summed E-state index contributed by atoms with van der Waals surface area (Å²) in [4.78, 5) is 27.2. The van der Waals surface area contributed by atoms with Gasteiger partial charge in [-0.2, -0.15) is 0 Å². The van der Waals surface area contributed by atoms with Crippen molar-refractivity contribution in [1.29, 1.82) is 0 Å². The van der Waals surface area contributed by atoms with Gasteiger partial charge in [-0.05, 0) is 42.0 Å². The van der Waals surface area contributed by atoms with E-state index in [1.165, 1.54) is 17.2 Å². The molecule has 1 fully saturated rings. The van der Waals surface area contributed by atoms with E-state index in [1.807, 2.05) is 6.07 Å². The summed E-state index contributed by atoms with van der Waals surface area (Å²) in [5, 5.41) is 12.0. The number of nitrogens with one attached hydrogen (secondary N) is 1. The highest BCUT2D eigenvalue weighted by molar-refractivity contribution is 5.94. The second-order valence-electron chi connectivity index (χ2n) is 6.14. The van der Waals surface area contributed by atoms with Gasteiger partial charge in [0.1, 0.15) is 11.4 Å². The number of carbonyl (C=O) groups excluding carboxylic acids is 1. The van der Waals surface area contributed by atoms with Crippen molar-refractivity contribution < 1.29 is 14.7 Å². The number of hydrogen-bond donors (Lipinski definition) is 2. The molecule has 2 aliphatic carbocycles. The Morgan fingerprint density at radius 2 is 1.87 bits per heavy atom. The van der Waals surface area contributed by atoms with E-state index < -0.39 is 5.97 Å². The number of rotatable bonds is 3. The van der Waals surface area contributed by atoms with E-state index in [0.717, 1.165) is 12.8 Å². The molecule has 4 rings (SSSR count). The molecule has 3 unspecified atom stereocenters. The van der Waals surface area contributed by atoms with Crippen LogP contribution in [0.2, 0.25) is 0 Å². The smallest absolute Gasteiger partial charge is 0.354 e. The van der Waals surface area contributed by atoms with Crippen LogP contribution < -0.4 is 5.32 Å². The van der Waals surface area contributed by atoms with Crippen LogP contribution in [0.5, 0.6) is 0 Å². The Kier molecular flexibility index (Phi) is 3.15. The van der Waals surface area contributed by atoms with Crippen molar-refractivity contribution >= 4 is 11.9 Å². The van der Waals surface area contributed by atoms with Gasteiger partial charge < -0.3 is 10.4 Å². The van der Waals surface area contributed by atoms with Gasteiger partial charge in [0.25, 0.3) is 5.91 Å². The predicted octanol–water partition coefficient (Wildman–Crippen LogP) is 2.24. The Morgan fingerprint density at radius 1 is 1.09 bits per heavy atom. The Labute approximate surface area is 133 Å². The minimum absolute atomic E-state index is 0.115. The zero-order valence-corrected chi connectivity index (χ0v) is 12.4. The van der Waals surface area contributed by atoms with Crippen LogP contribution in [0.1, 0.15) is 44.4 Å². The van der Waals surface area contributed by atoms with Crippen molar-refractivity contribution in [3.63, 3.8) is 0 Å². The molecule has 1 amide bonds. The SMILES string of the molecule is O=C(O)c1cccc(C(=O)NC2C3CCc4ccccc4C32)n1. The normalized spacial score (nSPS) is 24.3. The number of benzene rings is 1. The lowest BCUT2D eigenvalue weighted by Crippen LogP contribution is -2.28. The molecule has 5 nitrogen and oxygen atoms in total. The van der Waals surface area contributed by atoms with Crippen LogP contribution in [0.3, 0.4) is 0 Å². The monoisotopic (exact) mass is 308 g/mol. The van der Waals surface area contributed by atoms with Crippen LogP contribution >= 0.6 is 0 Å². The average Bonchev–Trinajstić information content (AvgIpc) is 3.28. The molecule has 3 atom stereocenters. The Balaban J connectivity index is 1.51. The third-order valence-corrected chi connectivity index (χ3v) is 4.83.